The molecule has 7 heteroatoms. The van der Waals surface area contributed by atoms with Crippen LogP contribution in [0.1, 0.15) is 42.1 Å². The van der Waals surface area contributed by atoms with Crippen molar-refractivity contribution in [3.8, 4) is 21.9 Å². The van der Waals surface area contributed by atoms with E-state index in [-0.39, 0.29) is 23.5 Å². The minimum absolute atomic E-state index is 0.0469. The van der Waals surface area contributed by atoms with Crippen LogP contribution in [0.5, 0.6) is 11.5 Å². The molecule has 0 bridgehead atoms. The zero-order valence-corrected chi connectivity index (χ0v) is 18.3. The van der Waals surface area contributed by atoms with Gasteiger partial charge in [0.1, 0.15) is 26.7 Å². The first-order chi connectivity index (χ1) is 14.0. The number of ketones is 1. The number of phenolic OH excluding ortho intramolecular Hbond substituents is 1. The molecule has 0 aliphatic carbocycles. The van der Waals surface area contributed by atoms with E-state index in [1.807, 2.05) is 25.1 Å². The molecule has 0 aliphatic rings. The summed E-state index contributed by atoms with van der Waals surface area (Å²) < 4.78 is 6.24. The summed E-state index contributed by atoms with van der Waals surface area (Å²) in [6, 6.07) is 13.7. The summed E-state index contributed by atoms with van der Waals surface area (Å²) in [4.78, 5) is 25.6. The second kappa shape index (κ2) is 9.91. The van der Waals surface area contributed by atoms with Crippen LogP contribution in [0.2, 0.25) is 0 Å². The molecule has 0 saturated carbocycles. The molecule has 0 unspecified atom stereocenters. The van der Waals surface area contributed by atoms with Gasteiger partial charge in [0.25, 0.3) is 0 Å². The molecule has 0 saturated heterocycles. The van der Waals surface area contributed by atoms with Crippen molar-refractivity contribution in [1.29, 1.82) is 0 Å². The number of Topliss-reactive ketones (excluding diaryl/α,β-unsaturated/α-hetero) is 1. The van der Waals surface area contributed by atoms with E-state index in [1.165, 1.54) is 12.1 Å². The van der Waals surface area contributed by atoms with Gasteiger partial charge in [-0.25, -0.2) is 4.79 Å². The van der Waals surface area contributed by atoms with Crippen molar-refractivity contribution >= 4 is 44.7 Å². The Bertz CT molecular complexity index is 1060. The lowest BCUT2D eigenvalue weighted by Gasteiger charge is -2.09. The van der Waals surface area contributed by atoms with Gasteiger partial charge in [-0.2, -0.15) is 0 Å². The van der Waals surface area contributed by atoms with Crippen molar-refractivity contribution in [3.63, 3.8) is 0 Å². The van der Waals surface area contributed by atoms with Crippen LogP contribution >= 0.6 is 32.9 Å². The summed E-state index contributed by atoms with van der Waals surface area (Å²) >= 11 is 5.15. The van der Waals surface area contributed by atoms with E-state index in [0.29, 0.717) is 17.7 Å². The van der Waals surface area contributed by atoms with Gasteiger partial charge in [0.05, 0.1) is 0 Å². The van der Waals surface area contributed by atoms with Gasteiger partial charge < -0.3 is 9.84 Å². The van der Waals surface area contributed by atoms with Gasteiger partial charge in [0.2, 0.25) is 0 Å². The normalized spacial score (nSPS) is 10.7. The number of unbranched alkanes of at least 4 members (excludes halogenated alkanes) is 1. The predicted molar refractivity (Wildman–Crippen MR) is 120 cm³/mol. The second-order valence-corrected chi connectivity index (χ2v) is 9.49. The van der Waals surface area contributed by atoms with Gasteiger partial charge >= 0.3 is 5.97 Å². The van der Waals surface area contributed by atoms with E-state index in [1.54, 1.807) is 38.9 Å². The molecule has 4 nitrogen and oxygen atoms in total. The first-order valence-electron chi connectivity index (χ1n) is 9.22. The maximum Gasteiger partial charge on any atom is 0.347 e. The van der Waals surface area contributed by atoms with Crippen LogP contribution in [0.4, 0.5) is 0 Å². The highest BCUT2D eigenvalue weighted by Crippen LogP contribution is 2.31. The molecule has 1 aromatic heterocycles. The number of rotatable bonds is 8. The van der Waals surface area contributed by atoms with E-state index in [9.17, 15) is 14.7 Å². The van der Waals surface area contributed by atoms with Crippen LogP contribution in [0, 0.1) is 3.82 Å². The predicted octanol–water partition coefficient (Wildman–Crippen LogP) is 6.43. The third kappa shape index (κ3) is 5.82. The van der Waals surface area contributed by atoms with E-state index in [2.05, 4.69) is 0 Å². The summed E-state index contributed by atoms with van der Waals surface area (Å²) in [6.07, 6.45) is 2.56. The lowest BCUT2D eigenvalue weighted by Crippen LogP contribution is -2.10. The molecule has 1 heterocycles. The highest BCUT2D eigenvalue weighted by Gasteiger charge is 2.16. The highest BCUT2D eigenvalue weighted by molar-refractivity contribution is 7.80. The van der Waals surface area contributed by atoms with Crippen molar-refractivity contribution in [3.05, 3.63) is 63.5 Å². The molecule has 0 atom stereocenters. The van der Waals surface area contributed by atoms with Gasteiger partial charge in [-0.1, -0.05) is 52.3 Å². The van der Waals surface area contributed by atoms with Gasteiger partial charge in [-0.3, -0.25) is 4.79 Å². The maximum absolute atomic E-state index is 12.5. The summed E-state index contributed by atoms with van der Waals surface area (Å²) in [5.41, 5.74) is 1.73. The van der Waals surface area contributed by atoms with E-state index < -0.39 is 5.97 Å². The van der Waals surface area contributed by atoms with Crippen LogP contribution < -0.4 is 4.74 Å². The van der Waals surface area contributed by atoms with Crippen molar-refractivity contribution < 1.29 is 19.4 Å². The van der Waals surface area contributed by atoms with Gasteiger partial charge in [0.15, 0.2) is 0 Å². The average Bonchev–Trinajstić information content (AvgIpc) is 3.14. The standard InChI is InChI=1S/C22H20O4S3/c1-2-3-4-16(23)11-14-5-10-19(24)18(12-14)22(25)26-17-8-6-15(7-9-17)20-13-21(27)29-28-20/h5-10,12-13,24H,2-4,11H2,1H3. The molecule has 0 radical (unpaired) electrons. The second-order valence-electron chi connectivity index (χ2n) is 6.58. The minimum atomic E-state index is -0.663. The maximum atomic E-state index is 12.5. The molecule has 0 spiro atoms. The largest absolute Gasteiger partial charge is 0.507 e. The van der Waals surface area contributed by atoms with Gasteiger partial charge in [0, 0.05) is 17.7 Å². The molecule has 3 aromatic rings. The van der Waals surface area contributed by atoms with Crippen LogP contribution in [-0.2, 0) is 11.2 Å². The van der Waals surface area contributed by atoms with E-state index >= 15 is 0 Å². The van der Waals surface area contributed by atoms with Crippen LogP contribution in [0.3, 0.4) is 0 Å². The van der Waals surface area contributed by atoms with E-state index in [4.69, 9.17) is 17.0 Å². The topological polar surface area (TPSA) is 63.6 Å². The van der Waals surface area contributed by atoms with Crippen LogP contribution in [-0.4, -0.2) is 16.9 Å². The Morgan fingerprint density at radius 1 is 1.07 bits per heavy atom. The Morgan fingerprint density at radius 2 is 1.83 bits per heavy atom. The Kier molecular flexibility index (Phi) is 7.30. The Morgan fingerprint density at radius 3 is 2.48 bits per heavy atom. The fraction of sp³-hybridized carbons (Fsp3) is 0.227. The first kappa shape index (κ1) is 21.4. The quantitative estimate of drug-likeness (QED) is 0.188. The molecular weight excluding hydrogens is 424 g/mol. The SMILES string of the molecule is CCCCC(=O)Cc1ccc(O)c(C(=O)Oc2ccc(-c3cc(=S)ss3)cc2)c1. The fourth-order valence-electron chi connectivity index (χ4n) is 2.77. The molecule has 29 heavy (non-hydrogen) atoms. The number of benzene rings is 2. The molecule has 0 fully saturated rings. The molecule has 0 aliphatic heterocycles. The number of aromatic hydroxyl groups is 1. The number of hydrogen-bond donors (Lipinski definition) is 1. The highest BCUT2D eigenvalue weighted by atomic mass is 32.9. The molecule has 150 valence electrons. The lowest BCUT2D eigenvalue weighted by molar-refractivity contribution is -0.118. The van der Waals surface area contributed by atoms with Crippen molar-refractivity contribution in [2.75, 3.05) is 0 Å². The number of esters is 1. The van der Waals surface area contributed by atoms with Crippen molar-refractivity contribution in [1.82, 2.24) is 0 Å². The first-order valence-corrected chi connectivity index (χ1v) is 11.8. The van der Waals surface area contributed by atoms with E-state index in [0.717, 1.165) is 27.1 Å². The van der Waals surface area contributed by atoms with Crippen molar-refractivity contribution in [2.24, 2.45) is 0 Å². The third-order valence-electron chi connectivity index (χ3n) is 4.30. The molecule has 1 N–H and O–H groups in total. The molecule has 2 aromatic carbocycles. The van der Waals surface area contributed by atoms with Crippen LogP contribution in [0.25, 0.3) is 10.4 Å². The lowest BCUT2D eigenvalue weighted by atomic mass is 10.0. The van der Waals surface area contributed by atoms with Gasteiger partial charge in [-0.05, 0) is 60.0 Å². The zero-order valence-electron chi connectivity index (χ0n) is 15.8. The number of phenols is 1. The number of hydrogen-bond acceptors (Lipinski definition) is 7. The summed E-state index contributed by atoms with van der Waals surface area (Å²) in [6.45, 7) is 2.03. The third-order valence-corrected chi connectivity index (χ3v) is 7.21. The summed E-state index contributed by atoms with van der Waals surface area (Å²) in [5.74, 6) is -0.343. The smallest absolute Gasteiger partial charge is 0.347 e. The monoisotopic (exact) mass is 444 g/mol. The Balaban J connectivity index is 1.70. The van der Waals surface area contributed by atoms with Crippen LogP contribution in [0.15, 0.2) is 48.5 Å². The minimum Gasteiger partial charge on any atom is -0.507 e. The van der Waals surface area contributed by atoms with Gasteiger partial charge in [-0.15, -0.1) is 0 Å². The zero-order chi connectivity index (χ0) is 20.8. The molecular formula is C22H20O4S3. The average molecular weight is 445 g/mol. The number of ether oxygens (including phenoxy) is 1. The number of carbonyl (C=O) groups excluding carboxylic acids is 2. The van der Waals surface area contributed by atoms with Crippen molar-refractivity contribution in [2.45, 2.75) is 32.6 Å². The molecule has 3 rings (SSSR count). The summed E-state index contributed by atoms with van der Waals surface area (Å²) in [5, 5.41) is 10.1. The molecule has 0 amide bonds. The number of carbonyl (C=O) groups is 2. The summed E-state index contributed by atoms with van der Waals surface area (Å²) in [7, 11) is 3.14. The Hall–Kier alpha value is -2.35. The fourth-order valence-corrected chi connectivity index (χ4v) is 5.17. The Labute approximate surface area is 181 Å².